The number of hydrogen-bond acceptors (Lipinski definition) is 6. The summed E-state index contributed by atoms with van der Waals surface area (Å²) in [4.78, 5) is 11.2. The van der Waals surface area contributed by atoms with Gasteiger partial charge in [-0.25, -0.2) is 0 Å². The molecule has 0 aliphatic heterocycles. The van der Waals surface area contributed by atoms with E-state index in [1.54, 1.807) is 11.8 Å². The van der Waals surface area contributed by atoms with Crippen LogP contribution in [0.2, 0.25) is 6.04 Å². The minimum atomic E-state index is -2.52. The highest BCUT2D eigenvalue weighted by Crippen LogP contribution is 2.19. The highest BCUT2D eigenvalue weighted by molar-refractivity contribution is 7.99. The molecular weight excluding hydrogens is 296 g/mol. The largest absolute Gasteiger partial charge is 0.500 e. The predicted molar refractivity (Wildman–Crippen MR) is 84.0 cm³/mol. The summed E-state index contributed by atoms with van der Waals surface area (Å²) >= 11 is 1.58. The first-order valence-corrected chi connectivity index (χ1v) is 10.4. The third-order valence-corrected chi connectivity index (χ3v) is 6.56. The molecule has 0 amide bonds. The van der Waals surface area contributed by atoms with Gasteiger partial charge in [0, 0.05) is 25.9 Å². The van der Waals surface area contributed by atoms with Crippen LogP contribution in [0, 0.1) is 0 Å². The Morgan fingerprint density at radius 2 is 1.50 bits per heavy atom. The molecule has 0 bridgehead atoms. The van der Waals surface area contributed by atoms with Crippen LogP contribution in [0.3, 0.4) is 0 Å². The summed E-state index contributed by atoms with van der Waals surface area (Å²) in [6.45, 7) is 9.91. The Kier molecular flexibility index (Phi) is 12.6. The zero-order valence-corrected chi connectivity index (χ0v) is 14.9. The topological polar surface area (TPSA) is 54.0 Å². The van der Waals surface area contributed by atoms with E-state index in [1.165, 1.54) is 0 Å². The molecule has 20 heavy (non-hydrogen) atoms. The van der Waals surface area contributed by atoms with Crippen molar-refractivity contribution < 1.29 is 22.8 Å². The first kappa shape index (κ1) is 19.9. The Hall–Kier alpha value is -0.0831. The van der Waals surface area contributed by atoms with E-state index in [0.29, 0.717) is 32.2 Å². The first-order valence-electron chi connectivity index (χ1n) is 7.29. The minimum absolute atomic E-state index is 0.152. The van der Waals surface area contributed by atoms with Gasteiger partial charge in [0.15, 0.2) is 0 Å². The molecule has 0 spiro atoms. The molecule has 0 aliphatic rings. The Balaban J connectivity index is 4.02. The van der Waals surface area contributed by atoms with Gasteiger partial charge in [-0.05, 0) is 39.9 Å². The van der Waals surface area contributed by atoms with Crippen LogP contribution in [0.1, 0.15) is 34.1 Å². The van der Waals surface area contributed by atoms with E-state index in [4.69, 9.17) is 18.0 Å². The van der Waals surface area contributed by atoms with Crippen LogP contribution in [-0.4, -0.2) is 52.7 Å². The molecule has 0 saturated heterocycles. The monoisotopic (exact) mass is 324 g/mol. The fourth-order valence-electron chi connectivity index (χ4n) is 1.75. The normalized spacial score (nSPS) is 11.6. The molecular formula is C13H28O5SSi. The van der Waals surface area contributed by atoms with Gasteiger partial charge in [-0.2, -0.15) is 11.8 Å². The quantitative estimate of drug-likeness (QED) is 0.295. The van der Waals surface area contributed by atoms with Gasteiger partial charge >= 0.3 is 14.8 Å². The average Bonchev–Trinajstić information content (AvgIpc) is 2.39. The zero-order chi connectivity index (χ0) is 15.3. The van der Waals surface area contributed by atoms with Crippen molar-refractivity contribution in [2.24, 2.45) is 0 Å². The maximum Gasteiger partial charge on any atom is 0.500 e. The number of ether oxygens (including phenoxy) is 1. The van der Waals surface area contributed by atoms with Gasteiger partial charge in [0.05, 0.1) is 12.4 Å². The van der Waals surface area contributed by atoms with Gasteiger partial charge in [0.25, 0.3) is 0 Å². The number of carbonyl (C=O) groups is 1. The molecule has 0 unspecified atom stereocenters. The standard InChI is InChI=1S/C13H28O5SSi/c1-5-15-13(14)12-19-10-9-11-20(16-6-2,17-7-3)18-8-4/h5-12H2,1-4H3. The van der Waals surface area contributed by atoms with E-state index in [9.17, 15) is 4.79 Å². The SMILES string of the molecule is CCOC(=O)CSCCC[Si](OCC)(OCC)OCC. The second-order valence-corrected chi connectivity index (χ2v) is 7.78. The molecule has 7 heteroatoms. The molecule has 0 aromatic rings. The lowest BCUT2D eigenvalue weighted by molar-refractivity contribution is -0.139. The van der Waals surface area contributed by atoms with Crippen LogP contribution in [0.15, 0.2) is 0 Å². The molecule has 0 rings (SSSR count). The molecule has 0 aromatic carbocycles. The van der Waals surface area contributed by atoms with Crippen LogP contribution < -0.4 is 0 Å². The summed E-state index contributed by atoms with van der Waals surface area (Å²) in [5, 5.41) is 0. The fraction of sp³-hybridized carbons (Fsp3) is 0.923. The molecule has 0 atom stereocenters. The van der Waals surface area contributed by atoms with Crippen LogP contribution in [0.5, 0.6) is 0 Å². The summed E-state index contributed by atoms with van der Waals surface area (Å²) in [6.07, 6.45) is 0.913. The summed E-state index contributed by atoms with van der Waals surface area (Å²) in [5.74, 6) is 1.13. The van der Waals surface area contributed by atoms with Crippen molar-refractivity contribution in [1.29, 1.82) is 0 Å². The van der Waals surface area contributed by atoms with E-state index in [2.05, 4.69) is 0 Å². The molecule has 0 aromatic heterocycles. The lowest BCUT2D eigenvalue weighted by atomic mass is 10.6. The molecule has 0 aliphatic carbocycles. The predicted octanol–water partition coefficient (Wildman–Crippen LogP) is 2.72. The number of esters is 1. The van der Waals surface area contributed by atoms with Crippen molar-refractivity contribution in [1.82, 2.24) is 0 Å². The fourth-order valence-corrected chi connectivity index (χ4v) is 5.36. The Morgan fingerprint density at radius 3 is 1.95 bits per heavy atom. The van der Waals surface area contributed by atoms with Crippen LogP contribution in [0.4, 0.5) is 0 Å². The Morgan fingerprint density at radius 1 is 0.950 bits per heavy atom. The first-order chi connectivity index (χ1) is 9.64. The summed E-state index contributed by atoms with van der Waals surface area (Å²) < 4.78 is 22.2. The maximum atomic E-state index is 11.2. The van der Waals surface area contributed by atoms with Gasteiger partial charge in [-0.3, -0.25) is 4.79 Å². The van der Waals surface area contributed by atoms with Gasteiger partial charge < -0.3 is 18.0 Å². The van der Waals surface area contributed by atoms with E-state index in [1.807, 2.05) is 27.7 Å². The van der Waals surface area contributed by atoms with Crippen LogP contribution >= 0.6 is 11.8 Å². The van der Waals surface area contributed by atoms with Crippen molar-refractivity contribution in [3.05, 3.63) is 0 Å². The number of carbonyl (C=O) groups excluding carboxylic acids is 1. The zero-order valence-electron chi connectivity index (χ0n) is 13.1. The number of hydrogen-bond donors (Lipinski definition) is 0. The Labute approximate surface area is 128 Å². The number of thioether (sulfide) groups is 1. The molecule has 120 valence electrons. The molecule has 0 saturated carbocycles. The highest BCUT2D eigenvalue weighted by atomic mass is 32.2. The maximum absolute atomic E-state index is 11.2. The van der Waals surface area contributed by atoms with Crippen molar-refractivity contribution in [2.45, 2.75) is 40.2 Å². The van der Waals surface area contributed by atoms with Crippen LogP contribution in [-0.2, 0) is 22.8 Å². The number of rotatable bonds is 13. The Bertz CT molecular complexity index is 236. The lowest BCUT2D eigenvalue weighted by Gasteiger charge is -2.28. The van der Waals surface area contributed by atoms with Gasteiger partial charge in [-0.15, -0.1) is 0 Å². The van der Waals surface area contributed by atoms with E-state index in [0.717, 1.165) is 18.2 Å². The second kappa shape index (κ2) is 12.6. The van der Waals surface area contributed by atoms with Gasteiger partial charge in [0.2, 0.25) is 0 Å². The summed E-state index contributed by atoms with van der Waals surface area (Å²) in [7, 11) is -2.52. The molecule has 0 heterocycles. The minimum Gasteiger partial charge on any atom is -0.465 e. The van der Waals surface area contributed by atoms with E-state index >= 15 is 0 Å². The van der Waals surface area contributed by atoms with Crippen LogP contribution in [0.25, 0.3) is 0 Å². The van der Waals surface area contributed by atoms with Crippen molar-refractivity contribution >= 4 is 26.5 Å². The highest BCUT2D eigenvalue weighted by Gasteiger charge is 2.39. The summed E-state index contributed by atoms with van der Waals surface area (Å²) in [6, 6.07) is 0.790. The van der Waals surface area contributed by atoms with Gasteiger partial charge in [-0.1, -0.05) is 0 Å². The lowest BCUT2D eigenvalue weighted by Crippen LogP contribution is -2.46. The van der Waals surface area contributed by atoms with Crippen molar-refractivity contribution in [3.8, 4) is 0 Å². The van der Waals surface area contributed by atoms with E-state index in [-0.39, 0.29) is 5.97 Å². The average molecular weight is 325 g/mol. The van der Waals surface area contributed by atoms with Crippen molar-refractivity contribution in [2.75, 3.05) is 37.9 Å². The molecule has 0 fully saturated rings. The van der Waals surface area contributed by atoms with E-state index < -0.39 is 8.80 Å². The molecule has 0 radical (unpaired) electrons. The molecule has 5 nitrogen and oxygen atoms in total. The summed E-state index contributed by atoms with van der Waals surface area (Å²) in [5.41, 5.74) is 0. The second-order valence-electron chi connectivity index (χ2n) is 3.94. The van der Waals surface area contributed by atoms with Gasteiger partial charge in [0.1, 0.15) is 0 Å². The molecule has 0 N–H and O–H groups in total. The third kappa shape index (κ3) is 8.96. The smallest absolute Gasteiger partial charge is 0.465 e. The van der Waals surface area contributed by atoms with Crippen molar-refractivity contribution in [3.63, 3.8) is 0 Å². The third-order valence-electron chi connectivity index (χ3n) is 2.39.